The summed E-state index contributed by atoms with van der Waals surface area (Å²) in [4.78, 5) is 21.3. The van der Waals surface area contributed by atoms with Gasteiger partial charge in [0.05, 0.1) is 5.75 Å². The fourth-order valence-electron chi connectivity index (χ4n) is 0.531. The molecule has 1 N–H and O–H groups in total. The van der Waals surface area contributed by atoms with Gasteiger partial charge in [-0.05, 0) is 13.8 Å². The molecule has 0 aliphatic heterocycles. The second kappa shape index (κ2) is 5.18. The Hall–Kier alpha value is -0.510. The first-order chi connectivity index (χ1) is 5.02. The number of nitrogens with one attached hydrogen (secondary N) is 1. The standard InChI is InChI=1S/C7H13NO2S/c1-5(2)8-7(10)4-11-6(3)9/h5H,4H2,1-3H3,(H,8,10). The Morgan fingerprint density at radius 1 is 1.45 bits per heavy atom. The van der Waals surface area contributed by atoms with Crippen molar-refractivity contribution in [3.05, 3.63) is 0 Å². The monoisotopic (exact) mass is 175 g/mol. The Morgan fingerprint density at radius 2 is 2.00 bits per heavy atom. The molecule has 0 aromatic carbocycles. The number of hydrogen-bond donors (Lipinski definition) is 1. The zero-order valence-corrected chi connectivity index (χ0v) is 7.83. The van der Waals surface area contributed by atoms with Crippen molar-refractivity contribution in [1.82, 2.24) is 5.32 Å². The van der Waals surface area contributed by atoms with Crippen LogP contribution in [0.4, 0.5) is 0 Å². The fourth-order valence-corrected chi connectivity index (χ4v) is 0.949. The highest BCUT2D eigenvalue weighted by atomic mass is 32.2. The van der Waals surface area contributed by atoms with Gasteiger partial charge in [-0.1, -0.05) is 11.8 Å². The Kier molecular flexibility index (Phi) is 4.94. The number of rotatable bonds is 3. The molecule has 0 spiro atoms. The summed E-state index contributed by atoms with van der Waals surface area (Å²) in [6.45, 7) is 5.22. The van der Waals surface area contributed by atoms with E-state index in [9.17, 15) is 9.59 Å². The lowest BCUT2D eigenvalue weighted by Crippen LogP contribution is -2.31. The molecule has 0 fully saturated rings. The van der Waals surface area contributed by atoms with Crippen LogP contribution in [-0.2, 0) is 9.59 Å². The van der Waals surface area contributed by atoms with Crippen molar-refractivity contribution < 1.29 is 9.59 Å². The molecule has 64 valence electrons. The minimum absolute atomic E-state index is 0.0242. The summed E-state index contributed by atoms with van der Waals surface area (Å²) in [5.41, 5.74) is 0. The quantitative estimate of drug-likeness (QED) is 0.690. The molecule has 0 unspecified atom stereocenters. The van der Waals surface area contributed by atoms with Gasteiger partial charge >= 0.3 is 0 Å². The summed E-state index contributed by atoms with van der Waals surface area (Å²) in [6, 6.07) is 0.148. The second-order valence-corrected chi connectivity index (χ2v) is 3.65. The molecule has 0 saturated carbocycles. The molecular weight excluding hydrogens is 162 g/mol. The van der Waals surface area contributed by atoms with Crippen LogP contribution in [0.2, 0.25) is 0 Å². The molecule has 0 atom stereocenters. The summed E-state index contributed by atoms with van der Waals surface area (Å²) < 4.78 is 0. The van der Waals surface area contributed by atoms with E-state index >= 15 is 0 Å². The van der Waals surface area contributed by atoms with Crippen LogP contribution in [0.1, 0.15) is 20.8 Å². The van der Waals surface area contributed by atoms with E-state index in [4.69, 9.17) is 0 Å². The van der Waals surface area contributed by atoms with Gasteiger partial charge < -0.3 is 5.32 Å². The highest BCUT2D eigenvalue weighted by Gasteiger charge is 2.04. The lowest BCUT2D eigenvalue weighted by atomic mass is 10.4. The van der Waals surface area contributed by atoms with Gasteiger partial charge in [0.1, 0.15) is 0 Å². The van der Waals surface area contributed by atoms with Gasteiger partial charge in [-0.3, -0.25) is 9.59 Å². The molecular formula is C7H13NO2S. The van der Waals surface area contributed by atoms with Crippen LogP contribution in [0.25, 0.3) is 0 Å². The molecule has 0 bridgehead atoms. The van der Waals surface area contributed by atoms with Gasteiger partial charge in [0, 0.05) is 13.0 Å². The van der Waals surface area contributed by atoms with Gasteiger partial charge in [0.2, 0.25) is 5.91 Å². The Bertz CT molecular complexity index is 157. The van der Waals surface area contributed by atoms with Crippen LogP contribution >= 0.6 is 11.8 Å². The van der Waals surface area contributed by atoms with E-state index in [-0.39, 0.29) is 22.8 Å². The van der Waals surface area contributed by atoms with Crippen molar-refractivity contribution in [2.45, 2.75) is 26.8 Å². The number of hydrogen-bond acceptors (Lipinski definition) is 3. The second-order valence-electron chi connectivity index (χ2n) is 2.50. The summed E-state index contributed by atoms with van der Waals surface area (Å²) in [7, 11) is 0. The summed E-state index contributed by atoms with van der Waals surface area (Å²) >= 11 is 1.03. The highest BCUT2D eigenvalue weighted by molar-refractivity contribution is 8.14. The maximum Gasteiger partial charge on any atom is 0.230 e. The highest BCUT2D eigenvalue weighted by Crippen LogP contribution is 1.99. The number of carbonyl (C=O) groups is 2. The minimum Gasteiger partial charge on any atom is -0.353 e. The predicted molar refractivity (Wildman–Crippen MR) is 46.4 cm³/mol. The maximum absolute atomic E-state index is 10.9. The van der Waals surface area contributed by atoms with Gasteiger partial charge in [-0.25, -0.2) is 0 Å². The predicted octanol–water partition coefficient (Wildman–Crippen LogP) is 0.791. The van der Waals surface area contributed by atoms with Gasteiger partial charge in [0.25, 0.3) is 0 Å². The van der Waals surface area contributed by atoms with E-state index in [1.807, 2.05) is 13.8 Å². The van der Waals surface area contributed by atoms with Crippen LogP contribution in [0.5, 0.6) is 0 Å². The van der Waals surface area contributed by atoms with Crippen LogP contribution in [-0.4, -0.2) is 22.8 Å². The van der Waals surface area contributed by atoms with Crippen LogP contribution in [0.3, 0.4) is 0 Å². The molecule has 0 heterocycles. The first kappa shape index (κ1) is 10.5. The van der Waals surface area contributed by atoms with Gasteiger partial charge in [-0.2, -0.15) is 0 Å². The van der Waals surface area contributed by atoms with Crippen LogP contribution < -0.4 is 5.32 Å². The average molecular weight is 175 g/mol. The fraction of sp³-hybridized carbons (Fsp3) is 0.714. The molecule has 0 aromatic heterocycles. The molecule has 0 radical (unpaired) electrons. The van der Waals surface area contributed by atoms with E-state index in [1.165, 1.54) is 6.92 Å². The van der Waals surface area contributed by atoms with Gasteiger partial charge in [-0.15, -0.1) is 0 Å². The first-order valence-corrected chi connectivity index (χ1v) is 4.43. The third-order valence-electron chi connectivity index (χ3n) is 0.856. The zero-order chi connectivity index (χ0) is 8.85. The summed E-state index contributed by atoms with van der Waals surface area (Å²) in [5, 5.41) is 2.66. The zero-order valence-electron chi connectivity index (χ0n) is 7.01. The number of carbonyl (C=O) groups excluding carboxylic acids is 2. The molecule has 0 aliphatic rings. The van der Waals surface area contributed by atoms with Gasteiger partial charge in [0.15, 0.2) is 5.12 Å². The van der Waals surface area contributed by atoms with Crippen molar-refractivity contribution in [2.75, 3.05) is 5.75 Å². The van der Waals surface area contributed by atoms with Crippen molar-refractivity contribution in [2.24, 2.45) is 0 Å². The van der Waals surface area contributed by atoms with Crippen LogP contribution in [0, 0.1) is 0 Å². The van der Waals surface area contributed by atoms with E-state index < -0.39 is 0 Å². The summed E-state index contributed by atoms with van der Waals surface area (Å²) in [6.07, 6.45) is 0. The lowest BCUT2D eigenvalue weighted by Gasteiger charge is -2.06. The van der Waals surface area contributed by atoms with E-state index in [2.05, 4.69) is 5.32 Å². The molecule has 0 aliphatic carbocycles. The smallest absolute Gasteiger partial charge is 0.230 e. The lowest BCUT2D eigenvalue weighted by molar-refractivity contribution is -0.119. The maximum atomic E-state index is 10.9. The molecule has 0 aromatic rings. The molecule has 4 heteroatoms. The molecule has 0 rings (SSSR count). The normalized spacial score (nSPS) is 9.82. The molecule has 11 heavy (non-hydrogen) atoms. The van der Waals surface area contributed by atoms with E-state index in [0.717, 1.165) is 11.8 Å². The Balaban J connectivity index is 3.45. The topological polar surface area (TPSA) is 46.2 Å². The number of amides is 1. The molecule has 1 amide bonds. The SMILES string of the molecule is CC(=O)SCC(=O)NC(C)C. The Morgan fingerprint density at radius 3 is 2.36 bits per heavy atom. The van der Waals surface area contributed by atoms with Crippen molar-refractivity contribution in [3.8, 4) is 0 Å². The van der Waals surface area contributed by atoms with E-state index in [0.29, 0.717) is 0 Å². The molecule has 3 nitrogen and oxygen atoms in total. The third kappa shape index (κ3) is 7.39. The number of thioether (sulfide) groups is 1. The molecule has 0 saturated heterocycles. The minimum atomic E-state index is -0.0831. The van der Waals surface area contributed by atoms with E-state index in [1.54, 1.807) is 0 Å². The largest absolute Gasteiger partial charge is 0.353 e. The third-order valence-corrected chi connectivity index (χ3v) is 1.67. The van der Waals surface area contributed by atoms with Crippen LogP contribution in [0.15, 0.2) is 0 Å². The van der Waals surface area contributed by atoms with Crippen molar-refractivity contribution >= 4 is 22.8 Å². The average Bonchev–Trinajstić information content (AvgIpc) is 1.82. The van der Waals surface area contributed by atoms with Crippen molar-refractivity contribution in [1.29, 1.82) is 0 Å². The Labute approximate surface area is 70.9 Å². The first-order valence-electron chi connectivity index (χ1n) is 3.45. The summed E-state index contributed by atoms with van der Waals surface area (Å²) in [5.74, 6) is 0.147. The van der Waals surface area contributed by atoms with Crippen molar-refractivity contribution in [3.63, 3.8) is 0 Å².